The molecule has 0 saturated carbocycles. The lowest BCUT2D eigenvalue weighted by molar-refractivity contribution is -0.125. The van der Waals surface area contributed by atoms with Crippen LogP contribution in [0.25, 0.3) is 0 Å². The third-order valence-corrected chi connectivity index (χ3v) is 5.54. The molecule has 0 aliphatic carbocycles. The third kappa shape index (κ3) is 5.00. The standard InChI is InChI=1S/C21H26FN5O2/c22-18-3-1-16(2-4-18)14-23-21(28)17-5-7-26(8-6-17)19-13-20(25-15-24-19)27-9-11-29-12-10-27/h1-4,13,15,17H,5-12,14H2,(H,23,28). The van der Waals surface area contributed by atoms with Crippen molar-refractivity contribution < 1.29 is 13.9 Å². The Morgan fingerprint density at radius 1 is 1.03 bits per heavy atom. The average Bonchev–Trinajstić information content (AvgIpc) is 2.79. The fraction of sp³-hybridized carbons (Fsp3) is 0.476. The molecular formula is C21H26FN5O2. The van der Waals surface area contributed by atoms with Gasteiger partial charge in [-0.25, -0.2) is 14.4 Å². The number of nitrogens with one attached hydrogen (secondary N) is 1. The Labute approximate surface area is 169 Å². The molecule has 7 nitrogen and oxygen atoms in total. The number of piperidine rings is 1. The SMILES string of the molecule is O=C(NCc1ccc(F)cc1)C1CCN(c2cc(N3CCOCC3)ncn2)CC1. The zero-order valence-electron chi connectivity index (χ0n) is 16.4. The summed E-state index contributed by atoms with van der Waals surface area (Å²) in [6.07, 6.45) is 3.18. The predicted molar refractivity (Wildman–Crippen MR) is 108 cm³/mol. The first kappa shape index (κ1) is 19.6. The van der Waals surface area contributed by atoms with Crippen molar-refractivity contribution in [2.45, 2.75) is 19.4 Å². The molecule has 2 aliphatic heterocycles. The Bertz CT molecular complexity index is 818. The molecule has 0 spiro atoms. The molecule has 29 heavy (non-hydrogen) atoms. The summed E-state index contributed by atoms with van der Waals surface area (Å²) >= 11 is 0. The van der Waals surface area contributed by atoms with Gasteiger partial charge in [-0.05, 0) is 30.5 Å². The van der Waals surface area contributed by atoms with Gasteiger partial charge in [0.05, 0.1) is 13.2 Å². The number of carbonyl (C=O) groups is 1. The summed E-state index contributed by atoms with van der Waals surface area (Å²) in [7, 11) is 0. The summed E-state index contributed by atoms with van der Waals surface area (Å²) in [4.78, 5) is 25.8. The van der Waals surface area contributed by atoms with E-state index in [9.17, 15) is 9.18 Å². The van der Waals surface area contributed by atoms with Gasteiger partial charge in [0.1, 0.15) is 23.8 Å². The van der Waals surface area contributed by atoms with Crippen molar-refractivity contribution >= 4 is 17.5 Å². The minimum absolute atomic E-state index is 0.00718. The van der Waals surface area contributed by atoms with Gasteiger partial charge >= 0.3 is 0 Å². The van der Waals surface area contributed by atoms with Crippen molar-refractivity contribution in [2.75, 3.05) is 49.2 Å². The van der Waals surface area contributed by atoms with E-state index in [1.165, 1.54) is 12.1 Å². The Morgan fingerprint density at radius 2 is 1.66 bits per heavy atom. The predicted octanol–water partition coefficient (Wildman–Crippen LogP) is 1.99. The van der Waals surface area contributed by atoms with E-state index in [0.29, 0.717) is 6.54 Å². The van der Waals surface area contributed by atoms with Gasteiger partial charge in [-0.1, -0.05) is 12.1 Å². The summed E-state index contributed by atoms with van der Waals surface area (Å²) in [5, 5.41) is 2.97. The summed E-state index contributed by atoms with van der Waals surface area (Å²) in [5.74, 6) is 1.62. The van der Waals surface area contributed by atoms with Crippen LogP contribution in [0.2, 0.25) is 0 Å². The molecule has 2 saturated heterocycles. The van der Waals surface area contributed by atoms with E-state index in [1.54, 1.807) is 18.5 Å². The number of anilines is 2. The molecule has 1 amide bonds. The van der Waals surface area contributed by atoms with E-state index in [4.69, 9.17) is 4.74 Å². The van der Waals surface area contributed by atoms with Crippen molar-refractivity contribution in [3.63, 3.8) is 0 Å². The van der Waals surface area contributed by atoms with E-state index >= 15 is 0 Å². The lowest BCUT2D eigenvalue weighted by Crippen LogP contribution is -2.41. The molecule has 1 aromatic carbocycles. The van der Waals surface area contributed by atoms with Crippen molar-refractivity contribution in [3.05, 3.63) is 48.0 Å². The quantitative estimate of drug-likeness (QED) is 0.829. The number of benzene rings is 1. The van der Waals surface area contributed by atoms with Crippen molar-refractivity contribution in [1.82, 2.24) is 15.3 Å². The smallest absolute Gasteiger partial charge is 0.223 e. The number of nitrogens with zero attached hydrogens (tertiary/aromatic N) is 4. The Hall–Kier alpha value is -2.74. The van der Waals surface area contributed by atoms with Gasteiger partial charge in [-0.15, -0.1) is 0 Å². The van der Waals surface area contributed by atoms with Crippen LogP contribution in [-0.2, 0) is 16.1 Å². The number of hydrogen-bond donors (Lipinski definition) is 1. The molecule has 0 bridgehead atoms. The monoisotopic (exact) mass is 399 g/mol. The molecule has 2 aliphatic rings. The van der Waals surface area contributed by atoms with Crippen molar-refractivity contribution in [2.24, 2.45) is 5.92 Å². The number of hydrogen-bond acceptors (Lipinski definition) is 6. The third-order valence-electron chi connectivity index (χ3n) is 5.54. The fourth-order valence-corrected chi connectivity index (χ4v) is 3.78. The first-order chi connectivity index (χ1) is 14.2. The minimum atomic E-state index is -0.269. The molecule has 1 N–H and O–H groups in total. The Kier molecular flexibility index (Phi) is 6.19. The van der Waals surface area contributed by atoms with Gasteiger partial charge in [0.25, 0.3) is 0 Å². The Balaban J connectivity index is 1.28. The minimum Gasteiger partial charge on any atom is -0.378 e. The van der Waals surface area contributed by atoms with Gasteiger partial charge < -0.3 is 19.9 Å². The van der Waals surface area contributed by atoms with E-state index in [-0.39, 0.29) is 17.6 Å². The summed E-state index contributed by atoms with van der Waals surface area (Å²) in [6, 6.07) is 8.23. The maximum Gasteiger partial charge on any atom is 0.223 e. The van der Waals surface area contributed by atoms with E-state index in [0.717, 1.165) is 69.4 Å². The fourth-order valence-electron chi connectivity index (χ4n) is 3.78. The maximum absolute atomic E-state index is 13.0. The summed E-state index contributed by atoms with van der Waals surface area (Å²) in [5.41, 5.74) is 0.897. The van der Waals surface area contributed by atoms with Crippen LogP contribution in [0.3, 0.4) is 0 Å². The molecule has 4 rings (SSSR count). The zero-order valence-corrected chi connectivity index (χ0v) is 16.4. The lowest BCUT2D eigenvalue weighted by atomic mass is 9.96. The Morgan fingerprint density at radius 3 is 2.31 bits per heavy atom. The highest BCUT2D eigenvalue weighted by Crippen LogP contribution is 2.24. The van der Waals surface area contributed by atoms with Crippen LogP contribution in [-0.4, -0.2) is 55.3 Å². The van der Waals surface area contributed by atoms with Crippen LogP contribution >= 0.6 is 0 Å². The lowest BCUT2D eigenvalue weighted by Gasteiger charge is -2.33. The first-order valence-electron chi connectivity index (χ1n) is 10.1. The first-order valence-corrected chi connectivity index (χ1v) is 10.1. The van der Waals surface area contributed by atoms with Crippen molar-refractivity contribution in [3.8, 4) is 0 Å². The number of ether oxygens (including phenoxy) is 1. The van der Waals surface area contributed by atoms with Crippen LogP contribution in [0, 0.1) is 11.7 Å². The number of aromatic nitrogens is 2. The highest BCUT2D eigenvalue weighted by molar-refractivity contribution is 5.79. The van der Waals surface area contributed by atoms with E-state index < -0.39 is 0 Å². The van der Waals surface area contributed by atoms with Crippen LogP contribution in [0.1, 0.15) is 18.4 Å². The van der Waals surface area contributed by atoms with Crippen LogP contribution in [0.5, 0.6) is 0 Å². The molecule has 154 valence electrons. The van der Waals surface area contributed by atoms with Gasteiger partial charge in [0, 0.05) is 44.7 Å². The highest BCUT2D eigenvalue weighted by Gasteiger charge is 2.26. The molecule has 1 aromatic heterocycles. The molecular weight excluding hydrogens is 373 g/mol. The van der Waals surface area contributed by atoms with Gasteiger partial charge in [0.15, 0.2) is 0 Å². The molecule has 8 heteroatoms. The van der Waals surface area contributed by atoms with Gasteiger partial charge in [-0.3, -0.25) is 4.79 Å². The topological polar surface area (TPSA) is 70.6 Å². The number of carbonyl (C=O) groups excluding carboxylic acids is 1. The highest BCUT2D eigenvalue weighted by atomic mass is 19.1. The van der Waals surface area contributed by atoms with Crippen LogP contribution in [0.15, 0.2) is 36.7 Å². The van der Waals surface area contributed by atoms with Gasteiger partial charge in [-0.2, -0.15) is 0 Å². The molecule has 2 aromatic rings. The summed E-state index contributed by atoms with van der Waals surface area (Å²) < 4.78 is 18.4. The second-order valence-corrected chi connectivity index (χ2v) is 7.44. The maximum atomic E-state index is 13.0. The van der Waals surface area contributed by atoms with E-state index in [2.05, 4.69) is 25.1 Å². The number of amides is 1. The zero-order chi connectivity index (χ0) is 20.1. The molecule has 3 heterocycles. The second-order valence-electron chi connectivity index (χ2n) is 7.44. The van der Waals surface area contributed by atoms with Crippen LogP contribution < -0.4 is 15.1 Å². The molecule has 0 radical (unpaired) electrons. The van der Waals surface area contributed by atoms with E-state index in [1.807, 2.05) is 6.07 Å². The van der Waals surface area contributed by atoms with Crippen LogP contribution in [0.4, 0.5) is 16.0 Å². The van der Waals surface area contributed by atoms with Gasteiger partial charge in [0.2, 0.25) is 5.91 Å². The van der Waals surface area contributed by atoms with Crippen molar-refractivity contribution in [1.29, 1.82) is 0 Å². The number of morpholine rings is 1. The normalized spacial score (nSPS) is 18.0. The average molecular weight is 399 g/mol. The number of halogens is 1. The number of rotatable bonds is 5. The largest absolute Gasteiger partial charge is 0.378 e. The molecule has 0 atom stereocenters. The molecule has 2 fully saturated rings. The second kappa shape index (κ2) is 9.17. The molecule has 0 unspecified atom stereocenters. The summed E-state index contributed by atoms with van der Waals surface area (Å²) in [6.45, 7) is 5.12.